The average Bonchev–Trinajstić information content (AvgIpc) is 2.35. The number of hydrogen-bond donors (Lipinski definition) is 2. The fraction of sp³-hybridized carbons (Fsp3) is 0.750. The van der Waals surface area contributed by atoms with E-state index in [0.29, 0.717) is 6.54 Å². The summed E-state index contributed by atoms with van der Waals surface area (Å²) < 4.78 is 1.54. The van der Waals surface area contributed by atoms with Gasteiger partial charge in [0.2, 0.25) is 0 Å². The van der Waals surface area contributed by atoms with Crippen molar-refractivity contribution in [3.63, 3.8) is 0 Å². The lowest BCUT2D eigenvalue weighted by molar-refractivity contribution is 0.244. The number of aromatic nitrogens is 3. The quantitative estimate of drug-likeness (QED) is 0.685. The normalized spacial score (nSPS) is 14.5. The molecule has 0 aliphatic heterocycles. The van der Waals surface area contributed by atoms with E-state index in [9.17, 15) is 4.79 Å². The Bertz CT molecular complexity index is 319. The van der Waals surface area contributed by atoms with Crippen molar-refractivity contribution in [3.8, 4) is 0 Å². The fourth-order valence-corrected chi connectivity index (χ4v) is 1.36. The van der Waals surface area contributed by atoms with Gasteiger partial charge >= 0.3 is 5.69 Å². The number of nitrogens with zero attached hydrogens (tertiary/aromatic N) is 2. The van der Waals surface area contributed by atoms with Crippen molar-refractivity contribution >= 4 is 0 Å². The molecule has 1 rings (SSSR count). The van der Waals surface area contributed by atoms with E-state index >= 15 is 0 Å². The van der Waals surface area contributed by atoms with E-state index in [2.05, 4.69) is 10.2 Å². The summed E-state index contributed by atoms with van der Waals surface area (Å²) in [7, 11) is 0. The predicted octanol–water partition coefficient (Wildman–Crippen LogP) is 0.117. The smallest absolute Gasteiger partial charge is 0.328 e. The molecule has 1 aromatic heterocycles. The van der Waals surface area contributed by atoms with Crippen molar-refractivity contribution in [2.24, 2.45) is 11.1 Å². The van der Waals surface area contributed by atoms with Gasteiger partial charge in [-0.2, -0.15) is 5.10 Å². The molecule has 1 aromatic rings. The van der Waals surface area contributed by atoms with Gasteiger partial charge in [-0.1, -0.05) is 20.8 Å². The molecule has 0 spiro atoms. The van der Waals surface area contributed by atoms with E-state index < -0.39 is 0 Å². The van der Waals surface area contributed by atoms with Crippen molar-refractivity contribution in [1.29, 1.82) is 0 Å². The zero-order valence-corrected chi connectivity index (χ0v) is 8.24. The van der Waals surface area contributed by atoms with E-state index in [4.69, 9.17) is 5.73 Å². The van der Waals surface area contributed by atoms with Gasteiger partial charge in [0.1, 0.15) is 6.33 Å². The highest BCUT2D eigenvalue weighted by molar-refractivity contribution is 4.83. The van der Waals surface area contributed by atoms with E-state index in [-0.39, 0.29) is 17.1 Å². The first-order valence-corrected chi connectivity index (χ1v) is 4.28. The number of nitrogens with one attached hydrogen (secondary N) is 1. The zero-order chi connectivity index (χ0) is 10.1. The third-order valence-electron chi connectivity index (χ3n) is 2.14. The Balaban J connectivity index is 3.05. The number of hydrogen-bond acceptors (Lipinski definition) is 3. The molecule has 0 saturated carbocycles. The number of nitrogens with two attached hydrogens (primary N) is 1. The Morgan fingerprint density at radius 3 is 2.62 bits per heavy atom. The molecule has 13 heavy (non-hydrogen) atoms. The minimum Gasteiger partial charge on any atom is -0.328 e. The van der Waals surface area contributed by atoms with Crippen LogP contribution in [0.25, 0.3) is 0 Å². The number of aromatic amines is 1. The van der Waals surface area contributed by atoms with Crippen LogP contribution < -0.4 is 11.4 Å². The second kappa shape index (κ2) is 3.33. The van der Waals surface area contributed by atoms with Crippen molar-refractivity contribution in [2.45, 2.75) is 26.8 Å². The summed E-state index contributed by atoms with van der Waals surface area (Å²) >= 11 is 0. The Morgan fingerprint density at radius 1 is 1.69 bits per heavy atom. The van der Waals surface area contributed by atoms with Crippen LogP contribution in [0.15, 0.2) is 11.1 Å². The topological polar surface area (TPSA) is 76.7 Å². The highest BCUT2D eigenvalue weighted by atomic mass is 16.1. The summed E-state index contributed by atoms with van der Waals surface area (Å²) in [6.07, 6.45) is 1.49. The van der Waals surface area contributed by atoms with E-state index in [0.717, 1.165) is 0 Å². The van der Waals surface area contributed by atoms with Crippen LogP contribution in [-0.4, -0.2) is 21.3 Å². The van der Waals surface area contributed by atoms with Crippen LogP contribution in [0.3, 0.4) is 0 Å². The maximum Gasteiger partial charge on any atom is 0.343 e. The van der Waals surface area contributed by atoms with Gasteiger partial charge in [0.05, 0.1) is 6.04 Å². The molecule has 0 aliphatic rings. The summed E-state index contributed by atoms with van der Waals surface area (Å²) in [4.78, 5) is 11.3. The summed E-state index contributed by atoms with van der Waals surface area (Å²) in [5.74, 6) is 0. The minimum absolute atomic E-state index is 0.0150. The van der Waals surface area contributed by atoms with Crippen molar-refractivity contribution < 1.29 is 0 Å². The fourth-order valence-electron chi connectivity index (χ4n) is 1.36. The van der Waals surface area contributed by atoms with Crippen LogP contribution in [0.4, 0.5) is 0 Å². The molecule has 1 unspecified atom stereocenters. The maximum absolute atomic E-state index is 11.3. The van der Waals surface area contributed by atoms with Crippen LogP contribution in [0.5, 0.6) is 0 Å². The lowest BCUT2D eigenvalue weighted by Crippen LogP contribution is -2.36. The van der Waals surface area contributed by atoms with E-state index in [1.165, 1.54) is 6.33 Å². The Morgan fingerprint density at radius 2 is 2.31 bits per heavy atom. The van der Waals surface area contributed by atoms with Gasteiger partial charge in [-0.05, 0) is 5.41 Å². The van der Waals surface area contributed by atoms with Crippen LogP contribution in [-0.2, 0) is 0 Å². The highest BCUT2D eigenvalue weighted by Gasteiger charge is 2.26. The molecule has 1 heterocycles. The minimum atomic E-state index is -0.203. The molecular formula is C8H16N4O. The van der Waals surface area contributed by atoms with E-state index in [1.54, 1.807) is 4.57 Å². The summed E-state index contributed by atoms with van der Waals surface area (Å²) in [5.41, 5.74) is 5.38. The lowest BCUT2D eigenvalue weighted by atomic mass is 9.87. The molecule has 0 aliphatic carbocycles. The van der Waals surface area contributed by atoms with Crippen LogP contribution >= 0.6 is 0 Å². The second-order valence-corrected chi connectivity index (χ2v) is 4.19. The number of rotatable bonds is 2. The number of H-pyrrole nitrogens is 1. The molecule has 1 atom stereocenters. The van der Waals surface area contributed by atoms with Gasteiger partial charge in [-0.15, -0.1) is 0 Å². The largest absolute Gasteiger partial charge is 0.343 e. The summed E-state index contributed by atoms with van der Waals surface area (Å²) in [5, 5.41) is 6.03. The lowest BCUT2D eigenvalue weighted by Gasteiger charge is -2.29. The van der Waals surface area contributed by atoms with Gasteiger partial charge in [-0.25, -0.2) is 9.89 Å². The van der Waals surface area contributed by atoms with E-state index in [1.807, 2.05) is 20.8 Å². The molecule has 0 aromatic carbocycles. The second-order valence-electron chi connectivity index (χ2n) is 4.19. The van der Waals surface area contributed by atoms with Gasteiger partial charge in [-0.3, -0.25) is 4.57 Å². The Hall–Kier alpha value is -1.10. The van der Waals surface area contributed by atoms with Crippen molar-refractivity contribution in [1.82, 2.24) is 14.8 Å². The average molecular weight is 184 g/mol. The summed E-state index contributed by atoms with van der Waals surface area (Å²) in [6, 6.07) is -0.0150. The van der Waals surface area contributed by atoms with Crippen molar-refractivity contribution in [3.05, 3.63) is 16.8 Å². The van der Waals surface area contributed by atoms with Gasteiger partial charge in [0, 0.05) is 6.54 Å². The molecule has 0 amide bonds. The van der Waals surface area contributed by atoms with Crippen LogP contribution in [0.2, 0.25) is 0 Å². The molecule has 0 fully saturated rings. The monoisotopic (exact) mass is 184 g/mol. The van der Waals surface area contributed by atoms with Gasteiger partial charge < -0.3 is 5.73 Å². The van der Waals surface area contributed by atoms with Gasteiger partial charge in [0.25, 0.3) is 0 Å². The molecule has 3 N–H and O–H groups in total. The molecule has 0 saturated heterocycles. The molecule has 74 valence electrons. The highest BCUT2D eigenvalue weighted by Crippen LogP contribution is 2.27. The van der Waals surface area contributed by atoms with Gasteiger partial charge in [0.15, 0.2) is 0 Å². The third-order valence-corrected chi connectivity index (χ3v) is 2.14. The Kier molecular flexibility index (Phi) is 2.56. The SMILES string of the molecule is CC(C)(C)C(CN)n1cn[nH]c1=O. The first-order chi connectivity index (χ1) is 5.96. The molecule has 5 nitrogen and oxygen atoms in total. The predicted molar refractivity (Wildman–Crippen MR) is 50.4 cm³/mol. The van der Waals surface area contributed by atoms with Crippen molar-refractivity contribution in [2.75, 3.05) is 6.54 Å². The zero-order valence-electron chi connectivity index (χ0n) is 8.24. The standard InChI is InChI=1S/C8H16N4O/c1-8(2,3)6(4-9)12-5-10-11-7(12)13/h5-6H,4,9H2,1-3H3,(H,11,13). The summed E-state index contributed by atoms with van der Waals surface area (Å²) in [6.45, 7) is 6.57. The third kappa shape index (κ3) is 1.98. The first-order valence-electron chi connectivity index (χ1n) is 4.28. The molecule has 0 radical (unpaired) electrons. The Labute approximate surface area is 76.9 Å². The van der Waals surface area contributed by atoms with Crippen LogP contribution in [0.1, 0.15) is 26.8 Å². The molecule has 5 heteroatoms. The van der Waals surface area contributed by atoms with Crippen LogP contribution in [0, 0.1) is 5.41 Å². The first kappa shape index (κ1) is 9.98. The molecule has 0 bridgehead atoms. The maximum atomic E-state index is 11.3. The molecular weight excluding hydrogens is 168 g/mol.